The molecule has 2 heterocycles. The molecule has 8 heteroatoms. The third kappa shape index (κ3) is 3.86. The Morgan fingerprint density at radius 3 is 2.15 bits per heavy atom. The van der Waals surface area contributed by atoms with Crippen molar-refractivity contribution in [2.45, 2.75) is 25.7 Å². The monoisotopic (exact) mass is 558 g/mol. The Morgan fingerprint density at radius 1 is 0.625 bits per heavy atom. The molecule has 0 aliphatic heterocycles. The summed E-state index contributed by atoms with van der Waals surface area (Å²) in [6.45, 7) is 0. The van der Waals surface area contributed by atoms with Gasteiger partial charge in [-0.1, -0.05) is 30.3 Å². The highest BCUT2D eigenvalue weighted by Gasteiger charge is 2.25. The lowest BCUT2D eigenvalue weighted by atomic mass is 9.80. The third-order valence-electron chi connectivity index (χ3n) is 8.23. The van der Waals surface area contributed by atoms with E-state index < -0.39 is 0 Å². The second-order valence-electron chi connectivity index (χ2n) is 10.5. The van der Waals surface area contributed by atoms with E-state index in [1.54, 1.807) is 0 Å². The second kappa shape index (κ2) is 9.30. The summed E-state index contributed by atoms with van der Waals surface area (Å²) in [6, 6.07) is 24.2. The van der Waals surface area contributed by atoms with Gasteiger partial charge in [0.1, 0.15) is 23.2 Å². The number of carbonyl (C=O) groups is 2. The van der Waals surface area contributed by atoms with Crippen LogP contribution in [0.25, 0.3) is 55.3 Å². The topological polar surface area (TPSA) is 91.5 Å². The van der Waals surface area contributed by atoms with Gasteiger partial charge >= 0.3 is 0 Å². The summed E-state index contributed by atoms with van der Waals surface area (Å²) in [5.74, 6) is 0. The van der Waals surface area contributed by atoms with Crippen molar-refractivity contribution < 1.29 is 9.59 Å². The van der Waals surface area contributed by atoms with Crippen LogP contribution in [-0.2, 0) is 35.3 Å². The molecule has 0 spiro atoms. The molecule has 2 atom stereocenters. The number of aromatic amines is 2. The van der Waals surface area contributed by atoms with E-state index in [0.717, 1.165) is 82.4 Å². The number of imidazole rings is 2. The summed E-state index contributed by atoms with van der Waals surface area (Å²) in [6.07, 6.45) is 3.91. The van der Waals surface area contributed by atoms with E-state index in [4.69, 9.17) is 4.98 Å². The first-order valence-electron chi connectivity index (χ1n) is 13.4. The molecule has 0 bridgehead atoms. The zero-order chi connectivity index (χ0) is 26.8. The fourth-order valence-electron chi connectivity index (χ4n) is 6.34. The predicted octanol–water partition coefficient (Wildman–Crippen LogP) is 5.63. The van der Waals surface area contributed by atoms with Crippen LogP contribution in [0.4, 0.5) is 0 Å². The van der Waals surface area contributed by atoms with Crippen molar-refractivity contribution in [3.05, 3.63) is 83.0 Å². The number of H-pyrrole nitrogens is 2. The quantitative estimate of drug-likeness (QED) is 0.212. The van der Waals surface area contributed by atoms with E-state index in [-0.39, 0.29) is 17.2 Å². The summed E-state index contributed by atoms with van der Waals surface area (Å²) in [7, 11) is 0.112. The highest BCUT2D eigenvalue weighted by molar-refractivity contribution is 7.62. The summed E-state index contributed by atoms with van der Waals surface area (Å²) in [5.41, 5.74) is 15.8. The number of nitrogens with zero attached hydrogens (tertiary/aromatic N) is 2. The lowest BCUT2D eigenvalue weighted by Crippen LogP contribution is -2.09. The first-order valence-corrected chi connectivity index (χ1v) is 15.5. The molecule has 194 valence electrons. The molecule has 2 N–H and O–H groups in total. The molecule has 2 unspecified atom stereocenters. The number of fused-ring (bicyclic) bond motifs is 8. The van der Waals surface area contributed by atoms with Crippen molar-refractivity contribution in [1.82, 2.24) is 19.9 Å². The number of aryl methyl sites for hydroxylation is 4. The van der Waals surface area contributed by atoms with E-state index in [1.807, 2.05) is 6.07 Å². The number of benzene rings is 4. The van der Waals surface area contributed by atoms with Gasteiger partial charge in [0.15, 0.2) is 0 Å². The van der Waals surface area contributed by atoms with E-state index in [9.17, 15) is 9.59 Å². The van der Waals surface area contributed by atoms with Crippen LogP contribution < -0.4 is 11.1 Å². The maximum Gasteiger partial charge on any atom is 0.146 e. The van der Waals surface area contributed by atoms with Gasteiger partial charge in [-0.2, -0.15) is 0 Å². The molecule has 0 saturated heterocycles. The lowest BCUT2D eigenvalue weighted by Gasteiger charge is -2.25. The first-order chi connectivity index (χ1) is 19.7. The minimum atomic E-state index is 0.0415. The minimum absolute atomic E-state index is 0.0415. The van der Waals surface area contributed by atoms with Gasteiger partial charge in [-0.15, -0.1) is 0 Å². The van der Waals surface area contributed by atoms with Crippen LogP contribution >= 0.6 is 17.2 Å². The van der Waals surface area contributed by atoms with E-state index in [2.05, 4.69) is 69.5 Å². The Bertz CT molecular complexity index is 2020. The second-order valence-corrected chi connectivity index (χ2v) is 12.5. The van der Waals surface area contributed by atoms with Gasteiger partial charge in [-0.3, -0.25) is 9.59 Å². The van der Waals surface area contributed by atoms with Crippen LogP contribution in [0.5, 0.6) is 0 Å². The van der Waals surface area contributed by atoms with Crippen molar-refractivity contribution in [1.29, 1.82) is 0 Å². The molecule has 0 radical (unpaired) electrons. The number of aromatic nitrogens is 4. The molecular weight excluding hydrogens is 534 g/mol. The van der Waals surface area contributed by atoms with Crippen molar-refractivity contribution in [2.24, 2.45) is 0 Å². The highest BCUT2D eigenvalue weighted by Crippen LogP contribution is 2.42. The lowest BCUT2D eigenvalue weighted by molar-refractivity contribution is 0.569. The molecule has 4 aromatic carbocycles. The van der Waals surface area contributed by atoms with Gasteiger partial charge in [-0.05, 0) is 106 Å². The van der Waals surface area contributed by atoms with Crippen molar-refractivity contribution in [3.63, 3.8) is 0 Å². The normalized spacial score (nSPS) is 14.1. The van der Waals surface area contributed by atoms with Crippen LogP contribution in [0, 0.1) is 0 Å². The van der Waals surface area contributed by atoms with Crippen LogP contribution in [-0.4, -0.2) is 32.0 Å². The Morgan fingerprint density at radius 2 is 1.30 bits per heavy atom. The Hall–Kier alpha value is -3.98. The predicted molar refractivity (Wildman–Crippen MR) is 166 cm³/mol. The average Bonchev–Trinajstić information content (AvgIpc) is 3.58. The van der Waals surface area contributed by atoms with Crippen molar-refractivity contribution in [2.75, 3.05) is 0 Å². The third-order valence-corrected chi connectivity index (χ3v) is 9.49. The van der Waals surface area contributed by atoms with E-state index >= 15 is 0 Å². The SMILES string of the molecule is O=CPc1nc2c([nH]1)CCc1cc3c(cc1-2)CCc1cc2cc(-c4ccc5nc(PC=O)[nH]c5c4)ccc2cc1-3. The molecular formula is C32H24N4O2P2. The summed E-state index contributed by atoms with van der Waals surface area (Å²) >= 11 is 0. The number of rotatable bonds is 5. The average molecular weight is 559 g/mol. The molecule has 2 aliphatic rings. The number of nitrogens with one attached hydrogen (secondary N) is 2. The van der Waals surface area contributed by atoms with Crippen LogP contribution in [0.15, 0.2) is 60.7 Å². The minimum Gasteiger partial charge on any atom is -0.341 e. The molecule has 0 fully saturated rings. The Kier molecular flexibility index (Phi) is 5.55. The first kappa shape index (κ1) is 23.9. The van der Waals surface area contributed by atoms with Crippen LogP contribution in [0.1, 0.15) is 22.4 Å². The zero-order valence-corrected chi connectivity index (χ0v) is 23.5. The van der Waals surface area contributed by atoms with Gasteiger partial charge in [0.2, 0.25) is 0 Å². The molecule has 40 heavy (non-hydrogen) atoms. The van der Waals surface area contributed by atoms with Gasteiger partial charge in [-0.25, -0.2) is 9.97 Å². The Balaban J connectivity index is 1.18. The van der Waals surface area contributed by atoms with Gasteiger partial charge < -0.3 is 9.97 Å². The smallest absolute Gasteiger partial charge is 0.146 e. The maximum absolute atomic E-state index is 11.0. The number of hydrogen-bond donors (Lipinski definition) is 2. The fourth-order valence-corrected chi connectivity index (χ4v) is 7.35. The number of hydrogen-bond acceptors (Lipinski definition) is 4. The molecule has 6 nitrogen and oxygen atoms in total. The van der Waals surface area contributed by atoms with Gasteiger partial charge in [0, 0.05) is 28.4 Å². The molecule has 2 aromatic heterocycles. The van der Waals surface area contributed by atoms with Crippen LogP contribution in [0.2, 0.25) is 0 Å². The van der Waals surface area contributed by atoms with E-state index in [1.165, 1.54) is 44.2 Å². The standard InChI is InChI=1S/C32H24N4O2P2/c37-15-39-31-33-27-7-5-19(14-29(27)35-31)17-1-2-18-11-24-20(10-23(18)9-17)3-4-21-13-26-22(12-25(21)24)6-8-28-30(26)36-32(34-28)40-16-38/h1-2,5,7,9-16,39-40H,3-4,6,8H2,(H,33,35)(H,34,36). The molecule has 8 rings (SSSR count). The van der Waals surface area contributed by atoms with Crippen molar-refractivity contribution >= 4 is 62.2 Å². The molecule has 2 aliphatic carbocycles. The number of carbonyl (C=O) groups excluding carboxylic acids is 2. The molecule has 0 amide bonds. The fraction of sp³-hybridized carbons (Fsp3) is 0.125. The highest BCUT2D eigenvalue weighted by atomic mass is 31.1. The summed E-state index contributed by atoms with van der Waals surface area (Å²) in [5, 5.41) is 2.48. The van der Waals surface area contributed by atoms with E-state index in [0.29, 0.717) is 0 Å². The summed E-state index contributed by atoms with van der Waals surface area (Å²) < 4.78 is 0. The zero-order valence-electron chi connectivity index (χ0n) is 21.5. The molecule has 6 aromatic rings. The molecule has 0 saturated carbocycles. The maximum atomic E-state index is 11.0. The largest absolute Gasteiger partial charge is 0.341 e. The summed E-state index contributed by atoms with van der Waals surface area (Å²) in [4.78, 5) is 37.9. The van der Waals surface area contributed by atoms with Gasteiger partial charge in [0.05, 0.1) is 16.7 Å². The van der Waals surface area contributed by atoms with Gasteiger partial charge in [0.25, 0.3) is 0 Å². The Labute approximate surface area is 233 Å². The van der Waals surface area contributed by atoms with Crippen LogP contribution in [0.3, 0.4) is 0 Å². The van der Waals surface area contributed by atoms with Crippen molar-refractivity contribution in [3.8, 4) is 33.5 Å².